The van der Waals surface area contributed by atoms with E-state index in [0.29, 0.717) is 25.4 Å². The highest BCUT2D eigenvalue weighted by molar-refractivity contribution is 5.79. The van der Waals surface area contributed by atoms with Crippen molar-refractivity contribution in [3.05, 3.63) is 53.2 Å². The van der Waals surface area contributed by atoms with E-state index < -0.39 is 0 Å². The molecule has 10 heteroatoms. The Kier molecular flexibility index (Phi) is 7.12. The van der Waals surface area contributed by atoms with Crippen molar-refractivity contribution in [3.8, 4) is 0 Å². The van der Waals surface area contributed by atoms with Crippen molar-refractivity contribution in [3.63, 3.8) is 0 Å². The highest BCUT2D eigenvalue weighted by atomic mass is 19.1. The van der Waals surface area contributed by atoms with Gasteiger partial charge in [-0.25, -0.2) is 9.18 Å². The summed E-state index contributed by atoms with van der Waals surface area (Å²) in [6.07, 6.45) is 0.172. The number of carboxylic acid groups (broad SMARTS) is 1. The monoisotopic (exact) mass is 446 g/mol. The van der Waals surface area contributed by atoms with E-state index in [-0.39, 0.29) is 48.5 Å². The zero-order chi connectivity index (χ0) is 23.4. The van der Waals surface area contributed by atoms with E-state index in [2.05, 4.69) is 5.16 Å². The summed E-state index contributed by atoms with van der Waals surface area (Å²) in [5.41, 5.74) is 1.52. The molecular formula is C22H27FN4O5. The fourth-order valence-corrected chi connectivity index (χ4v) is 4.58. The molecular weight excluding hydrogens is 419 g/mol. The van der Waals surface area contributed by atoms with E-state index in [1.807, 2.05) is 22.8 Å². The van der Waals surface area contributed by atoms with Crippen molar-refractivity contribution < 1.29 is 28.4 Å². The fourth-order valence-electron chi connectivity index (χ4n) is 4.58. The summed E-state index contributed by atoms with van der Waals surface area (Å²) in [6, 6.07) is 7.83. The van der Waals surface area contributed by atoms with Gasteiger partial charge in [0, 0.05) is 51.6 Å². The summed E-state index contributed by atoms with van der Waals surface area (Å²) < 4.78 is 19.1. The third-order valence-electron chi connectivity index (χ3n) is 5.84. The summed E-state index contributed by atoms with van der Waals surface area (Å²) in [5.74, 6) is 0.443. The second-order valence-corrected chi connectivity index (χ2v) is 8.27. The molecule has 1 aromatic carbocycles. The second kappa shape index (κ2) is 9.80. The smallest absolute Gasteiger partial charge is 0.320 e. The topological polar surface area (TPSA) is 107 Å². The molecule has 1 N–H and O–H groups in total. The van der Waals surface area contributed by atoms with Gasteiger partial charge in [0.25, 0.3) is 6.47 Å². The van der Waals surface area contributed by atoms with Crippen molar-refractivity contribution in [1.82, 2.24) is 19.9 Å². The van der Waals surface area contributed by atoms with Gasteiger partial charge in [-0.05, 0) is 24.6 Å². The molecule has 0 unspecified atom stereocenters. The van der Waals surface area contributed by atoms with Crippen LogP contribution in [0, 0.1) is 24.6 Å². The molecule has 2 aliphatic heterocycles. The Hall–Kier alpha value is -3.43. The van der Waals surface area contributed by atoms with Crippen LogP contribution in [0.15, 0.2) is 34.9 Å². The van der Waals surface area contributed by atoms with Crippen LogP contribution in [0.1, 0.15) is 23.1 Å². The maximum atomic E-state index is 13.9. The molecule has 0 aliphatic carbocycles. The maximum Gasteiger partial charge on any atom is 0.320 e. The van der Waals surface area contributed by atoms with E-state index in [0.717, 1.165) is 11.3 Å². The van der Waals surface area contributed by atoms with Crippen LogP contribution in [0.4, 0.5) is 9.18 Å². The number of carbonyl (C=O) groups is 3. The Bertz CT molecular complexity index is 979. The molecule has 3 heterocycles. The third-order valence-corrected chi connectivity index (χ3v) is 5.84. The number of halogens is 1. The zero-order valence-electron chi connectivity index (χ0n) is 18.3. The van der Waals surface area contributed by atoms with Crippen LogP contribution in [-0.2, 0) is 16.0 Å². The minimum Gasteiger partial charge on any atom is -0.483 e. The number of urea groups is 1. The first-order valence-electron chi connectivity index (χ1n) is 10.3. The van der Waals surface area contributed by atoms with Gasteiger partial charge in [-0.2, -0.15) is 0 Å². The van der Waals surface area contributed by atoms with Gasteiger partial charge in [-0.1, -0.05) is 17.3 Å². The molecule has 32 heavy (non-hydrogen) atoms. The van der Waals surface area contributed by atoms with Gasteiger partial charge in [0.2, 0.25) is 5.91 Å². The van der Waals surface area contributed by atoms with Crippen molar-refractivity contribution in [1.29, 1.82) is 0 Å². The third kappa shape index (κ3) is 4.90. The summed E-state index contributed by atoms with van der Waals surface area (Å²) in [4.78, 5) is 39.1. The van der Waals surface area contributed by atoms with Crippen LogP contribution in [0.2, 0.25) is 0 Å². The van der Waals surface area contributed by atoms with Crippen LogP contribution in [0.25, 0.3) is 0 Å². The van der Waals surface area contributed by atoms with Gasteiger partial charge < -0.3 is 24.3 Å². The van der Waals surface area contributed by atoms with E-state index in [1.165, 1.54) is 12.1 Å². The largest absolute Gasteiger partial charge is 0.483 e. The average molecular weight is 446 g/mol. The molecule has 0 saturated carbocycles. The minimum absolute atomic E-state index is 0.0148. The Morgan fingerprint density at radius 2 is 2.00 bits per heavy atom. The van der Waals surface area contributed by atoms with Crippen LogP contribution < -0.4 is 0 Å². The lowest BCUT2D eigenvalue weighted by Crippen LogP contribution is -2.42. The molecule has 172 valence electrons. The van der Waals surface area contributed by atoms with Crippen LogP contribution in [-0.4, -0.2) is 77.1 Å². The lowest BCUT2D eigenvalue weighted by Gasteiger charge is -2.31. The average Bonchev–Trinajstić information content (AvgIpc) is 3.41. The standard InChI is InChI=1S/C21H25FN4O3.CH2O2/c1-13-7-17(29-23-13)9-19(27)25-10-15-11-26(21(28)24(2)3)20(18(15)12-25)14-5-4-6-16(22)8-14;2-1-3/h4-8,15,18,20H,9-12H2,1-3H3;1H,(H,2,3)/t15-,18-,20+;/m1./s1. The number of nitrogens with zero attached hydrogens (tertiary/aromatic N) is 4. The summed E-state index contributed by atoms with van der Waals surface area (Å²) in [6.45, 7) is 3.24. The quantitative estimate of drug-likeness (QED) is 0.725. The number of carbonyl (C=O) groups excluding carboxylic acids is 2. The predicted molar refractivity (Wildman–Crippen MR) is 112 cm³/mol. The number of aryl methyl sites for hydroxylation is 1. The Balaban J connectivity index is 0.000000913. The normalized spacial score (nSPS) is 21.6. The molecule has 0 spiro atoms. The van der Waals surface area contributed by atoms with Crippen LogP contribution in [0.5, 0.6) is 0 Å². The highest BCUT2D eigenvalue weighted by Gasteiger charge is 2.50. The van der Waals surface area contributed by atoms with Crippen molar-refractivity contribution >= 4 is 18.4 Å². The van der Waals surface area contributed by atoms with Crippen LogP contribution >= 0.6 is 0 Å². The van der Waals surface area contributed by atoms with E-state index >= 15 is 0 Å². The second-order valence-electron chi connectivity index (χ2n) is 8.27. The number of aromatic nitrogens is 1. The molecule has 4 rings (SSSR count). The lowest BCUT2D eigenvalue weighted by atomic mass is 9.89. The summed E-state index contributed by atoms with van der Waals surface area (Å²) in [7, 11) is 3.43. The number of amides is 3. The first kappa shape index (κ1) is 23.2. The zero-order valence-corrected chi connectivity index (χ0v) is 18.3. The molecule has 2 aliphatic rings. The molecule has 2 fully saturated rings. The van der Waals surface area contributed by atoms with Crippen molar-refractivity contribution in [2.75, 3.05) is 33.7 Å². The summed E-state index contributed by atoms with van der Waals surface area (Å²) >= 11 is 0. The Labute approximate surface area is 185 Å². The number of hydrogen-bond acceptors (Lipinski definition) is 5. The van der Waals surface area contributed by atoms with Crippen molar-refractivity contribution in [2.24, 2.45) is 11.8 Å². The molecule has 1 aromatic heterocycles. The van der Waals surface area contributed by atoms with Gasteiger partial charge in [-0.15, -0.1) is 0 Å². The molecule has 2 aromatic rings. The van der Waals surface area contributed by atoms with Gasteiger partial charge in [-0.3, -0.25) is 9.59 Å². The highest BCUT2D eigenvalue weighted by Crippen LogP contribution is 2.45. The molecule has 0 radical (unpaired) electrons. The lowest BCUT2D eigenvalue weighted by molar-refractivity contribution is -0.130. The summed E-state index contributed by atoms with van der Waals surface area (Å²) in [5, 5.41) is 10.7. The minimum atomic E-state index is -0.324. The van der Waals surface area contributed by atoms with E-state index in [4.69, 9.17) is 14.4 Å². The predicted octanol–water partition coefficient (Wildman–Crippen LogP) is 2.18. The first-order valence-corrected chi connectivity index (χ1v) is 10.3. The number of hydrogen-bond donors (Lipinski definition) is 1. The fraction of sp³-hybridized carbons (Fsp3) is 0.455. The first-order chi connectivity index (χ1) is 15.2. The van der Waals surface area contributed by atoms with Crippen LogP contribution in [0.3, 0.4) is 0 Å². The molecule has 3 atom stereocenters. The Morgan fingerprint density at radius 1 is 1.28 bits per heavy atom. The number of likely N-dealkylation sites (tertiary alicyclic amines) is 2. The molecule has 0 bridgehead atoms. The van der Waals surface area contributed by atoms with Gasteiger partial charge >= 0.3 is 6.03 Å². The van der Waals surface area contributed by atoms with Gasteiger partial charge in [0.05, 0.1) is 18.2 Å². The Morgan fingerprint density at radius 3 is 2.59 bits per heavy atom. The van der Waals surface area contributed by atoms with E-state index in [1.54, 1.807) is 31.1 Å². The van der Waals surface area contributed by atoms with Crippen molar-refractivity contribution in [2.45, 2.75) is 19.4 Å². The van der Waals surface area contributed by atoms with E-state index in [9.17, 15) is 14.0 Å². The molecule has 3 amide bonds. The maximum absolute atomic E-state index is 13.9. The number of fused-ring (bicyclic) bond motifs is 1. The SMILES string of the molecule is Cc1cc(CC(=O)N2C[C@@H]3CN(C(=O)N(C)C)[C@@H](c4cccc(F)c4)[C@@H]3C2)on1.O=CO. The number of benzene rings is 1. The molecule has 9 nitrogen and oxygen atoms in total. The van der Waals surface area contributed by atoms with Gasteiger partial charge in [0.1, 0.15) is 11.6 Å². The molecule has 2 saturated heterocycles. The van der Waals surface area contributed by atoms with Gasteiger partial charge in [0.15, 0.2) is 0 Å². The number of rotatable bonds is 3.